The van der Waals surface area contributed by atoms with Crippen LogP contribution in [0.2, 0.25) is 0 Å². The van der Waals surface area contributed by atoms with Gasteiger partial charge in [0.2, 0.25) is 0 Å². The summed E-state index contributed by atoms with van der Waals surface area (Å²) in [6, 6.07) is 18.1. The summed E-state index contributed by atoms with van der Waals surface area (Å²) in [6.45, 7) is 5.02. The van der Waals surface area contributed by atoms with Crippen LogP contribution in [-0.2, 0) is 9.59 Å². The zero-order valence-electron chi connectivity index (χ0n) is 18.0. The number of amides is 2. The van der Waals surface area contributed by atoms with Crippen molar-refractivity contribution in [1.29, 1.82) is 0 Å². The molecule has 2 amide bonds. The van der Waals surface area contributed by atoms with E-state index in [-0.39, 0.29) is 11.6 Å². The summed E-state index contributed by atoms with van der Waals surface area (Å²) in [5, 5.41) is 5.06. The lowest BCUT2D eigenvalue weighted by molar-refractivity contribution is -0.120. The average molecular weight is 449 g/mol. The van der Waals surface area contributed by atoms with Crippen LogP contribution in [0, 0.1) is 0 Å². The molecule has 0 fully saturated rings. The van der Waals surface area contributed by atoms with Crippen LogP contribution in [0.15, 0.2) is 71.7 Å². The van der Waals surface area contributed by atoms with E-state index in [1.807, 2.05) is 55.6 Å². The molecule has 2 heterocycles. The number of rotatable bonds is 9. The predicted octanol–water partition coefficient (Wildman–Crippen LogP) is 5.33. The Balaban J connectivity index is 1.71. The fourth-order valence-electron chi connectivity index (χ4n) is 3.44. The molecule has 4 rings (SSSR count). The van der Waals surface area contributed by atoms with Gasteiger partial charge in [-0.1, -0.05) is 25.1 Å². The van der Waals surface area contributed by atoms with Gasteiger partial charge in [-0.15, -0.1) is 11.3 Å². The third kappa shape index (κ3) is 4.38. The summed E-state index contributed by atoms with van der Waals surface area (Å²) >= 11 is 1.42. The van der Waals surface area contributed by atoms with Gasteiger partial charge in [0.25, 0.3) is 11.8 Å². The summed E-state index contributed by atoms with van der Waals surface area (Å²) in [7, 11) is 0. The molecule has 1 aromatic heterocycles. The van der Waals surface area contributed by atoms with Gasteiger partial charge in [-0.25, -0.2) is 4.90 Å². The Kier molecular flexibility index (Phi) is 6.56. The topological polar surface area (TPSA) is 67.9 Å². The Morgan fingerprint density at radius 1 is 0.906 bits per heavy atom. The molecule has 0 unspecified atom stereocenters. The summed E-state index contributed by atoms with van der Waals surface area (Å²) in [6.07, 6.45) is 0.897. The standard InChI is InChI=1S/C25H24N2O4S/c1-3-13-31-19-10-5-8-17(15-19)26-23-22(21-12-7-14-32-21)24(28)27(25(23)29)18-9-6-11-20(16-18)30-4-2/h5-12,14-16,26H,3-4,13H2,1-2H3. The van der Waals surface area contributed by atoms with E-state index in [4.69, 9.17) is 9.47 Å². The fraction of sp³-hybridized carbons (Fsp3) is 0.200. The minimum absolute atomic E-state index is 0.243. The van der Waals surface area contributed by atoms with Gasteiger partial charge in [-0.05, 0) is 49.1 Å². The van der Waals surface area contributed by atoms with Crippen molar-refractivity contribution in [2.24, 2.45) is 0 Å². The van der Waals surface area contributed by atoms with Crippen molar-refractivity contribution in [1.82, 2.24) is 0 Å². The van der Waals surface area contributed by atoms with E-state index in [9.17, 15) is 9.59 Å². The van der Waals surface area contributed by atoms with Crippen LogP contribution in [0.5, 0.6) is 11.5 Å². The number of ether oxygens (including phenoxy) is 2. The second-order valence-electron chi connectivity index (χ2n) is 7.10. The predicted molar refractivity (Wildman–Crippen MR) is 127 cm³/mol. The monoisotopic (exact) mass is 448 g/mol. The SMILES string of the molecule is CCCOc1cccc(NC2=C(c3cccs3)C(=O)N(c3cccc(OCC)c3)C2=O)c1. The molecule has 6 nitrogen and oxygen atoms in total. The number of nitrogens with one attached hydrogen (secondary N) is 1. The maximum Gasteiger partial charge on any atom is 0.282 e. The van der Waals surface area contributed by atoms with E-state index >= 15 is 0 Å². The third-order valence-electron chi connectivity index (χ3n) is 4.81. The second-order valence-corrected chi connectivity index (χ2v) is 8.05. The molecular weight excluding hydrogens is 424 g/mol. The lowest BCUT2D eigenvalue weighted by atomic mass is 10.2. The molecule has 1 aliphatic rings. The molecule has 3 aromatic rings. The van der Waals surface area contributed by atoms with E-state index in [2.05, 4.69) is 5.32 Å². The summed E-state index contributed by atoms with van der Waals surface area (Å²) in [4.78, 5) is 28.8. The van der Waals surface area contributed by atoms with Crippen LogP contribution in [0.1, 0.15) is 25.1 Å². The molecule has 32 heavy (non-hydrogen) atoms. The first-order chi connectivity index (χ1) is 15.6. The Bertz CT molecular complexity index is 1150. The van der Waals surface area contributed by atoms with Crippen molar-refractivity contribution in [3.8, 4) is 11.5 Å². The van der Waals surface area contributed by atoms with Crippen molar-refractivity contribution in [2.45, 2.75) is 20.3 Å². The van der Waals surface area contributed by atoms with Crippen LogP contribution in [0.3, 0.4) is 0 Å². The van der Waals surface area contributed by atoms with Gasteiger partial charge in [-0.3, -0.25) is 9.59 Å². The van der Waals surface area contributed by atoms with Gasteiger partial charge in [0.1, 0.15) is 17.2 Å². The first-order valence-corrected chi connectivity index (χ1v) is 11.4. The average Bonchev–Trinajstić information content (AvgIpc) is 3.40. The van der Waals surface area contributed by atoms with Crippen LogP contribution in [0.25, 0.3) is 5.57 Å². The minimum atomic E-state index is -0.410. The van der Waals surface area contributed by atoms with E-state index in [0.717, 1.165) is 11.3 Å². The number of nitrogens with zero attached hydrogens (tertiary/aromatic N) is 1. The number of benzene rings is 2. The van der Waals surface area contributed by atoms with Gasteiger partial charge in [0.15, 0.2) is 0 Å². The molecule has 0 saturated heterocycles. The Morgan fingerprint density at radius 3 is 2.41 bits per heavy atom. The Labute approximate surface area is 191 Å². The number of anilines is 2. The first kappa shape index (κ1) is 21.6. The van der Waals surface area contributed by atoms with Crippen LogP contribution < -0.4 is 19.7 Å². The molecule has 0 aliphatic carbocycles. The number of carbonyl (C=O) groups is 2. The highest BCUT2D eigenvalue weighted by atomic mass is 32.1. The van der Waals surface area contributed by atoms with Crippen molar-refractivity contribution in [2.75, 3.05) is 23.4 Å². The molecular formula is C25H24N2O4S. The van der Waals surface area contributed by atoms with Crippen molar-refractivity contribution in [3.05, 3.63) is 76.6 Å². The maximum absolute atomic E-state index is 13.5. The lowest BCUT2D eigenvalue weighted by Crippen LogP contribution is -2.32. The highest BCUT2D eigenvalue weighted by Gasteiger charge is 2.40. The largest absolute Gasteiger partial charge is 0.494 e. The number of imide groups is 1. The quantitative estimate of drug-likeness (QED) is 0.448. The van der Waals surface area contributed by atoms with E-state index in [0.29, 0.717) is 41.7 Å². The zero-order valence-corrected chi connectivity index (χ0v) is 18.8. The first-order valence-electron chi connectivity index (χ1n) is 10.5. The molecule has 2 aromatic carbocycles. The van der Waals surface area contributed by atoms with Gasteiger partial charge in [0.05, 0.1) is 24.5 Å². The minimum Gasteiger partial charge on any atom is -0.494 e. The molecule has 0 spiro atoms. The summed E-state index contributed by atoms with van der Waals surface area (Å²) in [5.74, 6) is 0.525. The van der Waals surface area contributed by atoms with Crippen LogP contribution in [-0.4, -0.2) is 25.0 Å². The van der Waals surface area contributed by atoms with E-state index in [1.165, 1.54) is 16.2 Å². The van der Waals surface area contributed by atoms with Crippen molar-refractivity contribution < 1.29 is 19.1 Å². The molecule has 1 aliphatic heterocycles. The highest BCUT2D eigenvalue weighted by Crippen LogP contribution is 2.36. The van der Waals surface area contributed by atoms with E-state index in [1.54, 1.807) is 24.3 Å². The Hall–Kier alpha value is -3.58. The van der Waals surface area contributed by atoms with Gasteiger partial charge < -0.3 is 14.8 Å². The van der Waals surface area contributed by atoms with Crippen molar-refractivity contribution in [3.63, 3.8) is 0 Å². The smallest absolute Gasteiger partial charge is 0.282 e. The number of thiophene rings is 1. The zero-order chi connectivity index (χ0) is 22.5. The van der Waals surface area contributed by atoms with E-state index < -0.39 is 5.91 Å². The molecule has 1 N–H and O–H groups in total. The molecule has 0 radical (unpaired) electrons. The lowest BCUT2D eigenvalue weighted by Gasteiger charge is -2.16. The van der Waals surface area contributed by atoms with Crippen molar-refractivity contribution >= 4 is 40.1 Å². The molecule has 0 bridgehead atoms. The number of hydrogen-bond donors (Lipinski definition) is 1. The maximum atomic E-state index is 13.5. The second kappa shape index (κ2) is 9.70. The number of carbonyl (C=O) groups excluding carboxylic acids is 2. The molecule has 7 heteroatoms. The van der Waals surface area contributed by atoms with Gasteiger partial charge in [-0.2, -0.15) is 0 Å². The highest BCUT2D eigenvalue weighted by molar-refractivity contribution is 7.11. The summed E-state index contributed by atoms with van der Waals surface area (Å²) < 4.78 is 11.3. The van der Waals surface area contributed by atoms with Crippen LogP contribution in [0.4, 0.5) is 11.4 Å². The molecule has 164 valence electrons. The fourth-order valence-corrected chi connectivity index (χ4v) is 4.20. The molecule has 0 saturated carbocycles. The Morgan fingerprint density at radius 2 is 1.69 bits per heavy atom. The summed E-state index contributed by atoms with van der Waals surface area (Å²) in [5.41, 5.74) is 1.74. The normalized spacial score (nSPS) is 13.6. The molecule has 0 atom stereocenters. The number of hydrogen-bond acceptors (Lipinski definition) is 6. The van der Waals surface area contributed by atoms with Crippen LogP contribution >= 0.6 is 11.3 Å². The van der Waals surface area contributed by atoms with Gasteiger partial charge in [0, 0.05) is 22.7 Å². The third-order valence-corrected chi connectivity index (χ3v) is 5.70. The van der Waals surface area contributed by atoms with Gasteiger partial charge >= 0.3 is 0 Å².